The third-order valence-corrected chi connectivity index (χ3v) is 9.34. The minimum absolute atomic E-state index is 0.129. The van der Waals surface area contributed by atoms with Gasteiger partial charge in [0.1, 0.15) is 12.4 Å². The molecule has 2 aliphatic heterocycles. The molecule has 2 fully saturated rings. The van der Waals surface area contributed by atoms with E-state index in [9.17, 15) is 9.59 Å². The number of hydrogen-bond donors (Lipinski definition) is 1. The van der Waals surface area contributed by atoms with Gasteiger partial charge in [0, 0.05) is 48.4 Å². The predicted molar refractivity (Wildman–Crippen MR) is 160 cm³/mol. The number of hydrogen-bond acceptors (Lipinski definition) is 6. The molecule has 0 unspecified atom stereocenters. The number of halogens is 2. The predicted octanol–water partition coefficient (Wildman–Crippen LogP) is 6.16. The molecule has 3 aromatic carbocycles. The lowest BCUT2D eigenvalue weighted by Crippen LogP contribution is -2.52. The van der Waals surface area contributed by atoms with Gasteiger partial charge in [-0.3, -0.25) is 9.69 Å². The van der Waals surface area contributed by atoms with E-state index in [-0.39, 0.29) is 24.1 Å². The van der Waals surface area contributed by atoms with Crippen LogP contribution < -0.4 is 14.5 Å². The summed E-state index contributed by atoms with van der Waals surface area (Å²) in [7, 11) is 0. The highest BCUT2D eigenvalue weighted by Crippen LogP contribution is 2.41. The summed E-state index contributed by atoms with van der Waals surface area (Å²) in [5.41, 5.74) is 4.03. The zero-order chi connectivity index (χ0) is 27.8. The average Bonchev–Trinajstić information content (AvgIpc) is 3.71. The molecule has 1 N–H and O–H groups in total. The van der Waals surface area contributed by atoms with Crippen LogP contribution in [0.3, 0.4) is 0 Å². The summed E-state index contributed by atoms with van der Waals surface area (Å²) < 4.78 is 5.88. The maximum Gasteiger partial charge on any atom is 0.335 e. The lowest BCUT2D eigenvalue weighted by Gasteiger charge is -2.39. The molecule has 1 saturated carbocycles. The molecule has 2 heterocycles. The number of aromatic carboxylic acids is 1. The zero-order valence-electron chi connectivity index (χ0n) is 21.8. The number of thioether (sulfide) groups is 1. The van der Waals surface area contributed by atoms with Crippen LogP contribution in [-0.2, 0) is 17.9 Å². The number of para-hydroxylation sites is 2. The van der Waals surface area contributed by atoms with Crippen LogP contribution in [0.4, 0.5) is 11.4 Å². The lowest BCUT2D eigenvalue weighted by molar-refractivity contribution is -0.122. The summed E-state index contributed by atoms with van der Waals surface area (Å²) in [6.07, 6.45) is 2.45. The highest BCUT2D eigenvalue weighted by atomic mass is 35.5. The van der Waals surface area contributed by atoms with Gasteiger partial charge in [0.25, 0.3) is 0 Å². The Kier molecular flexibility index (Phi) is 7.86. The molecule has 1 aliphatic carbocycles. The molecule has 0 radical (unpaired) electrons. The van der Waals surface area contributed by atoms with Gasteiger partial charge in [-0.2, -0.15) is 0 Å². The standard InChI is InChI=1S/C30H29Cl2N3O4S/c31-23-14-28(39-16-19-5-7-20(8-6-19)30(37)38)24(32)13-21(23)15-33-18-40-17-27(33)29(36)35-12-11-34(22-9-10-22)25-3-1-2-4-26(25)35/h1-8,13-14,22,27H,9-12,15-18H2,(H,37,38)/t27-/m0/s1. The molecular formula is C30H29Cl2N3O4S. The maximum atomic E-state index is 13.9. The number of nitrogens with zero attached hydrogens (tertiary/aromatic N) is 3. The first-order valence-electron chi connectivity index (χ1n) is 13.3. The molecule has 0 aromatic heterocycles. The Morgan fingerprint density at radius 2 is 1.73 bits per heavy atom. The van der Waals surface area contributed by atoms with E-state index >= 15 is 0 Å². The molecule has 6 rings (SSSR count). The number of carbonyl (C=O) groups is 2. The Balaban J connectivity index is 1.13. The van der Waals surface area contributed by atoms with E-state index < -0.39 is 5.97 Å². The van der Waals surface area contributed by atoms with Crippen LogP contribution in [0.15, 0.2) is 60.7 Å². The Bertz CT molecular complexity index is 1430. The molecule has 3 aliphatic rings. The number of anilines is 2. The highest BCUT2D eigenvalue weighted by Gasteiger charge is 2.40. The van der Waals surface area contributed by atoms with Crippen LogP contribution in [0.1, 0.15) is 34.3 Å². The van der Waals surface area contributed by atoms with E-state index in [4.69, 9.17) is 33.0 Å². The molecule has 1 amide bonds. The fourth-order valence-corrected chi connectivity index (χ4v) is 6.99. The van der Waals surface area contributed by atoms with Crippen molar-refractivity contribution < 1.29 is 19.4 Å². The Morgan fingerprint density at radius 3 is 2.45 bits per heavy atom. The van der Waals surface area contributed by atoms with E-state index in [0.29, 0.717) is 34.9 Å². The minimum atomic E-state index is -0.973. The number of carboxylic acid groups (broad SMARTS) is 1. The van der Waals surface area contributed by atoms with E-state index in [0.717, 1.165) is 40.7 Å². The normalized spacial score (nSPS) is 19.0. The maximum absolute atomic E-state index is 13.9. The zero-order valence-corrected chi connectivity index (χ0v) is 24.1. The Hall–Kier alpha value is -2.91. The second-order valence-electron chi connectivity index (χ2n) is 10.3. The smallest absolute Gasteiger partial charge is 0.335 e. The summed E-state index contributed by atoms with van der Waals surface area (Å²) in [5.74, 6) is 1.07. The molecule has 1 atom stereocenters. The van der Waals surface area contributed by atoms with Gasteiger partial charge in [0.15, 0.2) is 0 Å². The third-order valence-electron chi connectivity index (χ3n) is 7.63. The summed E-state index contributed by atoms with van der Waals surface area (Å²) in [6, 6.07) is 18.6. The first-order valence-corrected chi connectivity index (χ1v) is 15.2. The first kappa shape index (κ1) is 27.3. The lowest BCUT2D eigenvalue weighted by atomic mass is 10.1. The van der Waals surface area contributed by atoms with Crippen molar-refractivity contribution in [3.05, 3.63) is 87.4 Å². The number of fused-ring (bicyclic) bond motifs is 1. The Morgan fingerprint density at radius 1 is 0.975 bits per heavy atom. The summed E-state index contributed by atoms with van der Waals surface area (Å²) in [6.45, 7) is 2.28. The summed E-state index contributed by atoms with van der Waals surface area (Å²) >= 11 is 15.0. The number of rotatable bonds is 8. The molecule has 1 saturated heterocycles. The van der Waals surface area contributed by atoms with E-state index in [1.165, 1.54) is 25.0 Å². The largest absolute Gasteiger partial charge is 0.487 e. The number of ether oxygens (including phenoxy) is 1. The number of benzene rings is 3. The molecule has 208 valence electrons. The second-order valence-corrected chi connectivity index (χ2v) is 12.1. The molecule has 10 heteroatoms. The van der Waals surface area contributed by atoms with Crippen LogP contribution in [0.5, 0.6) is 5.75 Å². The van der Waals surface area contributed by atoms with E-state index in [1.807, 2.05) is 17.0 Å². The minimum Gasteiger partial charge on any atom is -0.487 e. The van der Waals surface area contributed by atoms with Gasteiger partial charge in [-0.15, -0.1) is 11.8 Å². The van der Waals surface area contributed by atoms with Crippen LogP contribution in [-0.4, -0.2) is 58.7 Å². The number of carbonyl (C=O) groups excluding carboxylic acids is 1. The monoisotopic (exact) mass is 597 g/mol. The third kappa shape index (κ3) is 5.63. The van der Waals surface area contributed by atoms with Crippen molar-refractivity contribution in [2.24, 2.45) is 0 Å². The second kappa shape index (κ2) is 11.5. The van der Waals surface area contributed by atoms with Crippen LogP contribution >= 0.6 is 35.0 Å². The fraction of sp³-hybridized carbons (Fsp3) is 0.333. The van der Waals surface area contributed by atoms with Gasteiger partial charge in [0.05, 0.1) is 28.0 Å². The van der Waals surface area contributed by atoms with Gasteiger partial charge >= 0.3 is 5.97 Å². The van der Waals surface area contributed by atoms with Crippen molar-refractivity contribution in [1.82, 2.24) is 4.90 Å². The molecule has 7 nitrogen and oxygen atoms in total. The first-order chi connectivity index (χ1) is 19.4. The van der Waals surface area contributed by atoms with Crippen LogP contribution in [0.25, 0.3) is 0 Å². The van der Waals surface area contributed by atoms with Crippen molar-refractivity contribution in [3.63, 3.8) is 0 Å². The van der Waals surface area contributed by atoms with Gasteiger partial charge in [-0.1, -0.05) is 47.5 Å². The molecular weight excluding hydrogens is 569 g/mol. The van der Waals surface area contributed by atoms with E-state index in [2.05, 4.69) is 21.9 Å². The van der Waals surface area contributed by atoms with E-state index in [1.54, 1.807) is 36.0 Å². The van der Waals surface area contributed by atoms with Gasteiger partial charge in [-0.05, 0) is 54.3 Å². The SMILES string of the molecule is O=C(O)c1ccc(COc2cc(Cl)c(CN3CSC[C@H]3C(=O)N3CCN(C4CC4)c4ccccc43)cc2Cl)cc1. The molecule has 0 bridgehead atoms. The molecule has 40 heavy (non-hydrogen) atoms. The number of carboxylic acids is 1. The Labute approximate surface area is 247 Å². The van der Waals surface area contributed by atoms with Crippen molar-refractivity contribution in [2.45, 2.75) is 38.1 Å². The van der Waals surface area contributed by atoms with Gasteiger partial charge < -0.3 is 19.6 Å². The highest BCUT2D eigenvalue weighted by molar-refractivity contribution is 7.99. The molecule has 0 spiro atoms. The van der Waals surface area contributed by atoms with Crippen molar-refractivity contribution in [3.8, 4) is 5.75 Å². The number of amides is 1. The van der Waals surface area contributed by atoms with Crippen molar-refractivity contribution in [1.29, 1.82) is 0 Å². The fourth-order valence-electron chi connectivity index (χ4n) is 5.34. The average molecular weight is 599 g/mol. The topological polar surface area (TPSA) is 73.3 Å². The van der Waals surface area contributed by atoms with Crippen molar-refractivity contribution >= 4 is 58.2 Å². The summed E-state index contributed by atoms with van der Waals surface area (Å²) in [5, 5.41) is 10.0. The molecule has 3 aromatic rings. The van der Waals surface area contributed by atoms with Crippen LogP contribution in [0, 0.1) is 0 Å². The van der Waals surface area contributed by atoms with Gasteiger partial charge in [-0.25, -0.2) is 4.79 Å². The summed E-state index contributed by atoms with van der Waals surface area (Å²) in [4.78, 5) is 31.5. The van der Waals surface area contributed by atoms with Gasteiger partial charge in [0.2, 0.25) is 5.91 Å². The van der Waals surface area contributed by atoms with Crippen molar-refractivity contribution in [2.75, 3.05) is 34.5 Å². The quantitative estimate of drug-likeness (QED) is 0.333. The van der Waals surface area contributed by atoms with Crippen LogP contribution in [0.2, 0.25) is 10.0 Å².